The van der Waals surface area contributed by atoms with Crippen LogP contribution in [-0.4, -0.2) is 25.1 Å². The molecule has 0 aliphatic rings. The zero-order chi connectivity index (χ0) is 13.4. The van der Waals surface area contributed by atoms with Gasteiger partial charge in [-0.1, -0.05) is 26.7 Å². The fourth-order valence-corrected chi connectivity index (χ4v) is 3.18. The first-order valence-electron chi connectivity index (χ1n) is 7.14. The summed E-state index contributed by atoms with van der Waals surface area (Å²) in [6, 6.07) is 0. The number of unbranched alkanes of at least 4 members (excludes halogenated alkanes) is 1. The van der Waals surface area contributed by atoms with Gasteiger partial charge in [0.25, 0.3) is 0 Å². The van der Waals surface area contributed by atoms with Crippen molar-refractivity contribution in [3.05, 3.63) is 10.6 Å². The highest BCUT2D eigenvalue weighted by Gasteiger charge is 2.14. The summed E-state index contributed by atoms with van der Waals surface area (Å²) in [5, 5.41) is 4.46. The molecule has 1 rings (SSSR count). The maximum absolute atomic E-state index is 4.85. The van der Waals surface area contributed by atoms with Crippen LogP contribution in [-0.2, 0) is 13.0 Å². The van der Waals surface area contributed by atoms with Crippen molar-refractivity contribution in [2.24, 2.45) is 0 Å². The van der Waals surface area contributed by atoms with Gasteiger partial charge in [-0.15, -0.1) is 11.3 Å². The fraction of sp³-hybridized carbons (Fsp3) is 0.786. The smallest absolute Gasteiger partial charge is 0.185 e. The molecule has 0 saturated carbocycles. The zero-order valence-electron chi connectivity index (χ0n) is 12.3. The summed E-state index contributed by atoms with van der Waals surface area (Å²) in [7, 11) is 2.00. The Bertz CT molecular complexity index is 312. The Kier molecular flexibility index (Phi) is 7.28. The summed E-state index contributed by atoms with van der Waals surface area (Å²) >= 11 is 1.86. The summed E-state index contributed by atoms with van der Waals surface area (Å²) in [4.78, 5) is 8.66. The fourth-order valence-electron chi connectivity index (χ4n) is 1.97. The van der Waals surface area contributed by atoms with Crippen molar-refractivity contribution in [1.29, 1.82) is 0 Å². The maximum Gasteiger partial charge on any atom is 0.185 e. The van der Waals surface area contributed by atoms with Gasteiger partial charge in [-0.2, -0.15) is 0 Å². The molecule has 1 heterocycles. The minimum Gasteiger partial charge on any atom is -0.348 e. The molecule has 0 spiro atoms. The Morgan fingerprint density at radius 2 is 2.00 bits per heavy atom. The Morgan fingerprint density at radius 1 is 1.22 bits per heavy atom. The minimum absolute atomic E-state index is 0.943. The monoisotopic (exact) mass is 269 g/mol. The zero-order valence-corrected chi connectivity index (χ0v) is 13.1. The van der Waals surface area contributed by atoms with E-state index in [0.29, 0.717) is 0 Å². The molecule has 1 N–H and O–H groups in total. The SMILES string of the molecule is CCCCN(CC)c1nc(CCC)c(CNC)s1. The molecule has 0 fully saturated rings. The van der Waals surface area contributed by atoms with Crippen molar-refractivity contribution in [2.75, 3.05) is 25.0 Å². The second-order valence-corrected chi connectivity index (χ2v) is 5.64. The van der Waals surface area contributed by atoms with Crippen LogP contribution < -0.4 is 10.2 Å². The molecule has 0 aliphatic carbocycles. The predicted molar refractivity (Wildman–Crippen MR) is 81.7 cm³/mol. The van der Waals surface area contributed by atoms with Gasteiger partial charge in [0.05, 0.1) is 5.69 Å². The van der Waals surface area contributed by atoms with E-state index >= 15 is 0 Å². The van der Waals surface area contributed by atoms with Crippen LogP contribution in [0.5, 0.6) is 0 Å². The second-order valence-electron chi connectivity index (χ2n) is 4.58. The van der Waals surface area contributed by atoms with Crippen molar-refractivity contribution in [3.63, 3.8) is 0 Å². The van der Waals surface area contributed by atoms with Gasteiger partial charge < -0.3 is 10.2 Å². The summed E-state index contributed by atoms with van der Waals surface area (Å²) in [6.07, 6.45) is 4.75. The van der Waals surface area contributed by atoms with Gasteiger partial charge in [0.2, 0.25) is 0 Å². The summed E-state index contributed by atoms with van der Waals surface area (Å²) in [6.45, 7) is 9.80. The van der Waals surface area contributed by atoms with Crippen LogP contribution in [0.1, 0.15) is 50.6 Å². The van der Waals surface area contributed by atoms with E-state index in [-0.39, 0.29) is 0 Å². The molecule has 3 nitrogen and oxygen atoms in total. The molecule has 18 heavy (non-hydrogen) atoms. The molecule has 104 valence electrons. The lowest BCUT2D eigenvalue weighted by molar-refractivity contribution is 0.727. The number of hydrogen-bond acceptors (Lipinski definition) is 4. The molecule has 1 aromatic heterocycles. The van der Waals surface area contributed by atoms with Gasteiger partial charge in [-0.05, 0) is 26.8 Å². The number of rotatable bonds is 9. The summed E-state index contributed by atoms with van der Waals surface area (Å²) in [5.74, 6) is 0. The third-order valence-electron chi connectivity index (χ3n) is 3.02. The lowest BCUT2D eigenvalue weighted by Crippen LogP contribution is -2.23. The molecule has 1 aromatic rings. The number of hydrogen-bond donors (Lipinski definition) is 1. The quantitative estimate of drug-likeness (QED) is 0.744. The molecule has 0 unspecified atom stereocenters. The molecule has 0 atom stereocenters. The van der Waals surface area contributed by atoms with Crippen LogP contribution in [0.3, 0.4) is 0 Å². The Labute approximate surface area is 116 Å². The van der Waals surface area contributed by atoms with E-state index in [1.165, 1.54) is 35.0 Å². The van der Waals surface area contributed by atoms with Crippen LogP contribution in [0.2, 0.25) is 0 Å². The first-order valence-corrected chi connectivity index (χ1v) is 7.96. The first kappa shape index (κ1) is 15.4. The third kappa shape index (κ3) is 4.25. The molecule has 0 radical (unpaired) electrons. The van der Waals surface area contributed by atoms with E-state index in [0.717, 1.165) is 26.1 Å². The van der Waals surface area contributed by atoms with Gasteiger partial charge in [0.1, 0.15) is 0 Å². The van der Waals surface area contributed by atoms with Gasteiger partial charge in [-0.3, -0.25) is 0 Å². The standard InChI is InChI=1S/C14H27N3S/c1-5-8-10-17(7-3)14-16-12(9-6-2)13(18-14)11-15-4/h15H,5-11H2,1-4H3. The minimum atomic E-state index is 0.943. The van der Waals surface area contributed by atoms with Gasteiger partial charge in [-0.25, -0.2) is 4.98 Å². The van der Waals surface area contributed by atoms with Crippen LogP contribution in [0, 0.1) is 0 Å². The average Bonchev–Trinajstić information content (AvgIpc) is 2.75. The van der Waals surface area contributed by atoms with Crippen LogP contribution >= 0.6 is 11.3 Å². The normalized spacial score (nSPS) is 10.9. The lowest BCUT2D eigenvalue weighted by atomic mass is 10.2. The first-order chi connectivity index (χ1) is 8.76. The van der Waals surface area contributed by atoms with Crippen molar-refractivity contribution in [1.82, 2.24) is 10.3 Å². The topological polar surface area (TPSA) is 28.2 Å². The van der Waals surface area contributed by atoms with Crippen molar-refractivity contribution in [2.45, 2.75) is 53.0 Å². The third-order valence-corrected chi connectivity index (χ3v) is 4.18. The van der Waals surface area contributed by atoms with Crippen molar-refractivity contribution < 1.29 is 0 Å². The molecule has 0 saturated heterocycles. The Balaban J connectivity index is 2.82. The van der Waals surface area contributed by atoms with Crippen LogP contribution in [0.4, 0.5) is 5.13 Å². The largest absolute Gasteiger partial charge is 0.348 e. The van der Waals surface area contributed by atoms with E-state index < -0.39 is 0 Å². The number of aromatic nitrogens is 1. The highest BCUT2D eigenvalue weighted by atomic mass is 32.1. The average molecular weight is 269 g/mol. The van der Waals surface area contributed by atoms with Gasteiger partial charge >= 0.3 is 0 Å². The molecule has 0 bridgehead atoms. The number of aryl methyl sites for hydroxylation is 1. The van der Waals surface area contributed by atoms with Crippen LogP contribution in [0.15, 0.2) is 0 Å². The highest BCUT2D eigenvalue weighted by Crippen LogP contribution is 2.27. The Morgan fingerprint density at radius 3 is 2.56 bits per heavy atom. The van der Waals surface area contributed by atoms with Crippen molar-refractivity contribution in [3.8, 4) is 0 Å². The van der Waals surface area contributed by atoms with Crippen molar-refractivity contribution >= 4 is 16.5 Å². The van der Waals surface area contributed by atoms with E-state index in [1.54, 1.807) is 0 Å². The summed E-state index contributed by atoms with van der Waals surface area (Å²) in [5.41, 5.74) is 1.29. The van der Waals surface area contributed by atoms with E-state index in [9.17, 15) is 0 Å². The number of thiazole rings is 1. The second kappa shape index (κ2) is 8.48. The number of anilines is 1. The van der Waals surface area contributed by atoms with Gasteiger partial charge in [0, 0.05) is 24.5 Å². The Hall–Kier alpha value is -0.610. The molecular weight excluding hydrogens is 242 g/mol. The predicted octanol–water partition coefficient (Wildman–Crippen LogP) is 3.44. The summed E-state index contributed by atoms with van der Waals surface area (Å²) < 4.78 is 0. The molecule has 0 amide bonds. The van der Waals surface area contributed by atoms with E-state index in [4.69, 9.17) is 4.98 Å². The molecule has 4 heteroatoms. The van der Waals surface area contributed by atoms with E-state index in [2.05, 4.69) is 31.0 Å². The maximum atomic E-state index is 4.85. The molecular formula is C14H27N3S. The highest BCUT2D eigenvalue weighted by molar-refractivity contribution is 7.15. The van der Waals surface area contributed by atoms with E-state index in [1.807, 2.05) is 18.4 Å². The molecule has 0 aromatic carbocycles. The lowest BCUT2D eigenvalue weighted by Gasteiger charge is -2.19. The number of nitrogens with one attached hydrogen (secondary N) is 1. The molecule has 0 aliphatic heterocycles. The van der Waals surface area contributed by atoms with Gasteiger partial charge in [0.15, 0.2) is 5.13 Å². The van der Waals surface area contributed by atoms with Crippen LogP contribution in [0.25, 0.3) is 0 Å². The number of nitrogens with zero attached hydrogens (tertiary/aromatic N) is 2.